The van der Waals surface area contributed by atoms with Gasteiger partial charge in [0.05, 0.1) is 0 Å². The average molecular weight is 171 g/mol. The highest BCUT2D eigenvalue weighted by Gasteiger charge is 2.21. The summed E-state index contributed by atoms with van der Waals surface area (Å²) in [4.78, 5) is 0. The van der Waals surface area contributed by atoms with Crippen molar-refractivity contribution in [2.45, 2.75) is 31.8 Å². The van der Waals surface area contributed by atoms with Crippen molar-refractivity contribution < 1.29 is 0 Å². The Morgan fingerprint density at radius 2 is 1.92 bits per heavy atom. The van der Waals surface area contributed by atoms with Crippen LogP contribution < -0.4 is 16.0 Å². The van der Waals surface area contributed by atoms with Gasteiger partial charge in [-0.25, -0.2) is 0 Å². The van der Waals surface area contributed by atoms with Crippen molar-refractivity contribution in [2.75, 3.05) is 26.7 Å². The summed E-state index contributed by atoms with van der Waals surface area (Å²) >= 11 is 0. The fourth-order valence-electron chi connectivity index (χ4n) is 1.85. The van der Waals surface area contributed by atoms with Crippen LogP contribution in [0.4, 0.5) is 0 Å². The number of hydrogen-bond acceptors (Lipinski definition) is 3. The molecule has 0 bridgehead atoms. The second-order valence-corrected chi connectivity index (χ2v) is 3.47. The molecule has 0 radical (unpaired) electrons. The fraction of sp³-hybridized carbons (Fsp3) is 1.00. The number of hydrogen-bond donors (Lipinski definition) is 3. The van der Waals surface area contributed by atoms with E-state index in [2.05, 4.69) is 22.9 Å². The number of rotatable bonds is 4. The van der Waals surface area contributed by atoms with E-state index in [-0.39, 0.29) is 0 Å². The van der Waals surface area contributed by atoms with Gasteiger partial charge in [0.15, 0.2) is 0 Å². The van der Waals surface area contributed by atoms with Gasteiger partial charge < -0.3 is 16.0 Å². The third-order valence-corrected chi connectivity index (χ3v) is 2.45. The van der Waals surface area contributed by atoms with E-state index < -0.39 is 0 Å². The fourth-order valence-corrected chi connectivity index (χ4v) is 1.85. The van der Waals surface area contributed by atoms with E-state index in [0.717, 1.165) is 19.6 Å². The molecule has 0 amide bonds. The summed E-state index contributed by atoms with van der Waals surface area (Å²) in [6, 6.07) is 1.28. The standard InChI is InChI=1S/C9H21N3/c1-3-4-8-9(7-10-2)12-6-5-11-8/h8-12H,3-7H2,1-2H3. The molecular formula is C9H21N3. The Balaban J connectivity index is 2.31. The number of nitrogens with one attached hydrogen (secondary N) is 3. The topological polar surface area (TPSA) is 36.1 Å². The predicted molar refractivity (Wildman–Crippen MR) is 52.4 cm³/mol. The monoisotopic (exact) mass is 171 g/mol. The summed E-state index contributed by atoms with van der Waals surface area (Å²) in [6.45, 7) is 5.53. The van der Waals surface area contributed by atoms with Gasteiger partial charge in [-0.05, 0) is 13.5 Å². The molecule has 1 aliphatic heterocycles. The molecule has 1 rings (SSSR count). The second-order valence-electron chi connectivity index (χ2n) is 3.47. The first-order valence-corrected chi connectivity index (χ1v) is 4.99. The smallest absolute Gasteiger partial charge is 0.0346 e. The molecule has 2 atom stereocenters. The zero-order chi connectivity index (χ0) is 8.81. The molecule has 3 nitrogen and oxygen atoms in total. The highest BCUT2D eigenvalue weighted by Crippen LogP contribution is 2.04. The van der Waals surface area contributed by atoms with E-state index in [1.165, 1.54) is 12.8 Å². The van der Waals surface area contributed by atoms with Crippen LogP contribution in [0.1, 0.15) is 19.8 Å². The molecule has 2 unspecified atom stereocenters. The minimum absolute atomic E-state index is 0.615. The summed E-state index contributed by atoms with van der Waals surface area (Å²) in [7, 11) is 2.01. The average Bonchev–Trinajstić information content (AvgIpc) is 2.09. The van der Waals surface area contributed by atoms with Crippen molar-refractivity contribution in [1.29, 1.82) is 0 Å². The van der Waals surface area contributed by atoms with Gasteiger partial charge in [-0.3, -0.25) is 0 Å². The van der Waals surface area contributed by atoms with Gasteiger partial charge in [-0.2, -0.15) is 0 Å². The largest absolute Gasteiger partial charge is 0.318 e. The summed E-state index contributed by atoms with van der Waals surface area (Å²) in [5, 5.41) is 10.3. The van der Waals surface area contributed by atoms with E-state index in [9.17, 15) is 0 Å². The Hall–Kier alpha value is -0.120. The summed E-state index contributed by atoms with van der Waals surface area (Å²) < 4.78 is 0. The van der Waals surface area contributed by atoms with Crippen LogP contribution in [0.15, 0.2) is 0 Å². The maximum atomic E-state index is 3.55. The van der Waals surface area contributed by atoms with E-state index in [1.54, 1.807) is 0 Å². The lowest BCUT2D eigenvalue weighted by atomic mass is 10.0. The second kappa shape index (κ2) is 5.51. The summed E-state index contributed by atoms with van der Waals surface area (Å²) in [5.41, 5.74) is 0. The Morgan fingerprint density at radius 3 is 2.50 bits per heavy atom. The molecule has 1 fully saturated rings. The van der Waals surface area contributed by atoms with E-state index in [1.807, 2.05) is 7.05 Å². The first kappa shape index (κ1) is 9.96. The first-order chi connectivity index (χ1) is 5.88. The van der Waals surface area contributed by atoms with Crippen LogP contribution >= 0.6 is 0 Å². The molecular weight excluding hydrogens is 150 g/mol. The minimum Gasteiger partial charge on any atom is -0.318 e. The van der Waals surface area contributed by atoms with Gasteiger partial charge in [0, 0.05) is 31.7 Å². The Labute approximate surface area is 75.3 Å². The minimum atomic E-state index is 0.615. The molecule has 3 N–H and O–H groups in total. The van der Waals surface area contributed by atoms with Gasteiger partial charge >= 0.3 is 0 Å². The molecule has 0 saturated carbocycles. The van der Waals surface area contributed by atoms with Crippen LogP contribution in [0.2, 0.25) is 0 Å². The number of likely N-dealkylation sites (N-methyl/N-ethyl adjacent to an activating group) is 1. The highest BCUT2D eigenvalue weighted by atomic mass is 15.1. The molecule has 72 valence electrons. The van der Waals surface area contributed by atoms with Crippen LogP contribution in [-0.2, 0) is 0 Å². The highest BCUT2D eigenvalue weighted by molar-refractivity contribution is 4.87. The maximum absolute atomic E-state index is 3.55. The molecule has 0 aromatic rings. The van der Waals surface area contributed by atoms with Crippen molar-refractivity contribution in [2.24, 2.45) is 0 Å². The van der Waals surface area contributed by atoms with E-state index in [0.29, 0.717) is 12.1 Å². The maximum Gasteiger partial charge on any atom is 0.0346 e. The van der Waals surface area contributed by atoms with E-state index in [4.69, 9.17) is 0 Å². The third-order valence-electron chi connectivity index (χ3n) is 2.45. The SMILES string of the molecule is CCCC1NCCNC1CNC. The molecule has 0 aliphatic carbocycles. The molecule has 1 heterocycles. The van der Waals surface area contributed by atoms with Crippen molar-refractivity contribution in [3.8, 4) is 0 Å². The van der Waals surface area contributed by atoms with Gasteiger partial charge in [0.2, 0.25) is 0 Å². The molecule has 1 saturated heterocycles. The van der Waals surface area contributed by atoms with Gasteiger partial charge in [-0.15, -0.1) is 0 Å². The van der Waals surface area contributed by atoms with Crippen LogP contribution in [-0.4, -0.2) is 38.8 Å². The Kier molecular flexibility index (Phi) is 4.58. The van der Waals surface area contributed by atoms with Gasteiger partial charge in [0.25, 0.3) is 0 Å². The van der Waals surface area contributed by atoms with Crippen LogP contribution in [0.5, 0.6) is 0 Å². The molecule has 3 heteroatoms. The van der Waals surface area contributed by atoms with Crippen molar-refractivity contribution in [3.63, 3.8) is 0 Å². The van der Waals surface area contributed by atoms with Crippen LogP contribution in [0.3, 0.4) is 0 Å². The summed E-state index contributed by atoms with van der Waals surface area (Å²) in [5.74, 6) is 0. The molecule has 1 aliphatic rings. The lowest BCUT2D eigenvalue weighted by Gasteiger charge is -2.33. The third kappa shape index (κ3) is 2.73. The first-order valence-electron chi connectivity index (χ1n) is 4.99. The summed E-state index contributed by atoms with van der Waals surface area (Å²) in [6.07, 6.45) is 2.54. The lowest BCUT2D eigenvalue weighted by molar-refractivity contribution is 0.300. The Bertz CT molecular complexity index is 98.3. The van der Waals surface area contributed by atoms with Crippen molar-refractivity contribution in [1.82, 2.24) is 16.0 Å². The quantitative estimate of drug-likeness (QED) is 0.554. The number of piperazine rings is 1. The van der Waals surface area contributed by atoms with Crippen LogP contribution in [0.25, 0.3) is 0 Å². The lowest BCUT2D eigenvalue weighted by Crippen LogP contribution is -2.59. The van der Waals surface area contributed by atoms with Crippen molar-refractivity contribution >= 4 is 0 Å². The predicted octanol–water partition coefficient (Wildman–Crippen LogP) is -0.0641. The van der Waals surface area contributed by atoms with Gasteiger partial charge in [-0.1, -0.05) is 13.3 Å². The van der Waals surface area contributed by atoms with Crippen LogP contribution in [0, 0.1) is 0 Å². The van der Waals surface area contributed by atoms with Gasteiger partial charge in [0.1, 0.15) is 0 Å². The zero-order valence-electron chi connectivity index (χ0n) is 8.19. The zero-order valence-corrected chi connectivity index (χ0v) is 8.19. The Morgan fingerprint density at radius 1 is 1.25 bits per heavy atom. The molecule has 0 aromatic heterocycles. The molecule has 0 spiro atoms. The van der Waals surface area contributed by atoms with Crippen molar-refractivity contribution in [3.05, 3.63) is 0 Å². The normalized spacial score (nSPS) is 30.5. The molecule has 12 heavy (non-hydrogen) atoms. The van der Waals surface area contributed by atoms with E-state index >= 15 is 0 Å². The molecule has 0 aromatic carbocycles.